The second kappa shape index (κ2) is 7.05. The average Bonchev–Trinajstić information content (AvgIpc) is 2.42. The molecule has 1 heterocycles. The van der Waals surface area contributed by atoms with E-state index in [0.717, 1.165) is 0 Å². The van der Waals surface area contributed by atoms with Crippen molar-refractivity contribution in [3.8, 4) is 12.0 Å². The summed E-state index contributed by atoms with van der Waals surface area (Å²) in [5.74, 6) is 0.279. The molecule has 19 heavy (non-hydrogen) atoms. The largest absolute Gasteiger partial charge is 0.467 e. The molecule has 0 bridgehead atoms. The second-order valence-electron chi connectivity index (χ2n) is 4.23. The van der Waals surface area contributed by atoms with E-state index in [1.165, 1.54) is 14.2 Å². The molecule has 0 amide bonds. The molecule has 8 heteroatoms. The first-order chi connectivity index (χ1) is 9.00. The number of nitrogens with one attached hydrogen (secondary N) is 1. The van der Waals surface area contributed by atoms with Crippen molar-refractivity contribution in [2.45, 2.75) is 18.9 Å². The summed E-state index contributed by atoms with van der Waals surface area (Å²) in [4.78, 5) is 11.9. The van der Waals surface area contributed by atoms with Crippen molar-refractivity contribution >= 4 is 5.95 Å². The van der Waals surface area contributed by atoms with E-state index in [4.69, 9.17) is 14.2 Å². The van der Waals surface area contributed by atoms with Crippen LogP contribution in [0.5, 0.6) is 12.0 Å². The molecular formula is C11H20N4O4. The summed E-state index contributed by atoms with van der Waals surface area (Å²) in [5, 5.41) is 13.0. The third-order valence-corrected chi connectivity index (χ3v) is 2.43. The molecule has 108 valence electrons. The molecule has 1 aromatic rings. The van der Waals surface area contributed by atoms with Crippen molar-refractivity contribution in [2.75, 3.05) is 39.8 Å². The van der Waals surface area contributed by atoms with E-state index in [1.807, 2.05) is 0 Å². The Morgan fingerprint density at radius 2 is 1.68 bits per heavy atom. The van der Waals surface area contributed by atoms with Gasteiger partial charge in [0.2, 0.25) is 5.95 Å². The minimum Gasteiger partial charge on any atom is -0.467 e. The molecule has 0 radical (unpaired) electrons. The predicted octanol–water partition coefficient (Wildman–Crippen LogP) is 0.0882. The zero-order chi connectivity index (χ0) is 14.3. The summed E-state index contributed by atoms with van der Waals surface area (Å²) in [7, 11) is 4.49. The number of methoxy groups -OCH3 is 3. The topological polar surface area (TPSA) is 98.6 Å². The number of hydrogen-bond acceptors (Lipinski definition) is 8. The van der Waals surface area contributed by atoms with Crippen molar-refractivity contribution in [2.24, 2.45) is 0 Å². The molecule has 0 aliphatic heterocycles. The fourth-order valence-electron chi connectivity index (χ4n) is 1.28. The van der Waals surface area contributed by atoms with Crippen molar-refractivity contribution < 1.29 is 19.3 Å². The molecule has 1 atom stereocenters. The van der Waals surface area contributed by atoms with Gasteiger partial charge in [0, 0.05) is 26.7 Å². The zero-order valence-corrected chi connectivity index (χ0v) is 11.6. The van der Waals surface area contributed by atoms with E-state index in [-0.39, 0.29) is 24.5 Å². The summed E-state index contributed by atoms with van der Waals surface area (Å²) in [6, 6.07) is 0.289. The highest BCUT2D eigenvalue weighted by atomic mass is 16.5. The van der Waals surface area contributed by atoms with E-state index in [0.29, 0.717) is 13.0 Å². The van der Waals surface area contributed by atoms with E-state index < -0.39 is 5.60 Å². The molecule has 8 nitrogen and oxygen atoms in total. The maximum atomic E-state index is 10.1. The van der Waals surface area contributed by atoms with Crippen LogP contribution in [0.3, 0.4) is 0 Å². The van der Waals surface area contributed by atoms with Crippen molar-refractivity contribution in [1.29, 1.82) is 0 Å². The van der Waals surface area contributed by atoms with Crippen LogP contribution in [0.2, 0.25) is 0 Å². The first kappa shape index (κ1) is 15.4. The lowest BCUT2D eigenvalue weighted by Gasteiger charge is -2.23. The molecule has 0 fully saturated rings. The highest BCUT2D eigenvalue weighted by Crippen LogP contribution is 2.14. The van der Waals surface area contributed by atoms with E-state index in [1.54, 1.807) is 14.0 Å². The van der Waals surface area contributed by atoms with Gasteiger partial charge in [-0.05, 0) is 6.92 Å². The van der Waals surface area contributed by atoms with Gasteiger partial charge < -0.3 is 24.6 Å². The minimum atomic E-state index is -0.927. The van der Waals surface area contributed by atoms with Crippen molar-refractivity contribution in [3.63, 3.8) is 0 Å². The minimum absolute atomic E-state index is 0.144. The Kier molecular flexibility index (Phi) is 5.71. The predicted molar refractivity (Wildman–Crippen MR) is 68.5 cm³/mol. The van der Waals surface area contributed by atoms with Crippen LogP contribution in [0.1, 0.15) is 13.3 Å². The molecule has 0 saturated carbocycles. The Morgan fingerprint density at radius 1 is 1.11 bits per heavy atom. The van der Waals surface area contributed by atoms with Crippen LogP contribution in [0.15, 0.2) is 0 Å². The molecule has 2 N–H and O–H groups in total. The number of ether oxygens (including phenoxy) is 3. The van der Waals surface area contributed by atoms with Crippen LogP contribution in [0, 0.1) is 0 Å². The van der Waals surface area contributed by atoms with E-state index in [2.05, 4.69) is 20.3 Å². The normalized spacial score (nSPS) is 13.7. The van der Waals surface area contributed by atoms with Gasteiger partial charge in [0.05, 0.1) is 19.8 Å². The number of aliphatic hydroxyl groups is 1. The SMILES string of the molecule is COCCC(C)(O)CNc1nc(OC)nc(OC)n1. The highest BCUT2D eigenvalue weighted by Gasteiger charge is 2.20. The number of hydrogen-bond donors (Lipinski definition) is 2. The van der Waals surface area contributed by atoms with Crippen LogP contribution >= 0.6 is 0 Å². The smallest absolute Gasteiger partial charge is 0.324 e. The third-order valence-electron chi connectivity index (χ3n) is 2.43. The van der Waals surface area contributed by atoms with Crippen molar-refractivity contribution in [1.82, 2.24) is 15.0 Å². The number of nitrogens with zero attached hydrogens (tertiary/aromatic N) is 3. The fourth-order valence-corrected chi connectivity index (χ4v) is 1.28. The zero-order valence-electron chi connectivity index (χ0n) is 11.6. The Labute approximate surface area is 112 Å². The summed E-state index contributed by atoms with van der Waals surface area (Å²) < 4.78 is 14.8. The first-order valence-electron chi connectivity index (χ1n) is 5.80. The standard InChI is InChI=1S/C11H20N4O4/c1-11(16,5-6-17-2)7-12-8-13-9(18-3)15-10(14-8)19-4/h16H,5-7H2,1-4H3,(H,12,13,14,15). The van der Waals surface area contributed by atoms with Crippen LogP contribution in [0.4, 0.5) is 5.95 Å². The lowest BCUT2D eigenvalue weighted by molar-refractivity contribution is 0.0356. The molecule has 1 aromatic heterocycles. The van der Waals surface area contributed by atoms with Gasteiger partial charge in [0.25, 0.3) is 0 Å². The van der Waals surface area contributed by atoms with Crippen LogP contribution in [-0.4, -0.2) is 60.1 Å². The Bertz CT molecular complexity index is 378. The summed E-state index contributed by atoms with van der Waals surface area (Å²) in [6.07, 6.45) is 0.496. The van der Waals surface area contributed by atoms with Gasteiger partial charge in [-0.3, -0.25) is 0 Å². The lowest BCUT2D eigenvalue weighted by atomic mass is 10.0. The van der Waals surface area contributed by atoms with Crippen LogP contribution < -0.4 is 14.8 Å². The van der Waals surface area contributed by atoms with Gasteiger partial charge in [-0.1, -0.05) is 0 Å². The highest BCUT2D eigenvalue weighted by molar-refractivity contribution is 5.28. The molecule has 0 aromatic carbocycles. The lowest BCUT2D eigenvalue weighted by Crippen LogP contribution is -2.35. The summed E-state index contributed by atoms with van der Waals surface area (Å²) >= 11 is 0. The Balaban J connectivity index is 2.66. The Morgan fingerprint density at radius 3 is 2.16 bits per heavy atom. The first-order valence-corrected chi connectivity index (χ1v) is 5.80. The molecule has 0 saturated heterocycles. The molecule has 0 aliphatic rings. The monoisotopic (exact) mass is 272 g/mol. The van der Waals surface area contributed by atoms with Gasteiger partial charge in [-0.25, -0.2) is 0 Å². The van der Waals surface area contributed by atoms with Crippen LogP contribution in [0.25, 0.3) is 0 Å². The number of aromatic nitrogens is 3. The molecule has 0 spiro atoms. The molecule has 0 aliphatic carbocycles. The fraction of sp³-hybridized carbons (Fsp3) is 0.727. The maximum absolute atomic E-state index is 10.1. The molecule has 1 unspecified atom stereocenters. The van der Waals surface area contributed by atoms with Gasteiger partial charge in [0.1, 0.15) is 0 Å². The van der Waals surface area contributed by atoms with Crippen LogP contribution in [-0.2, 0) is 4.74 Å². The van der Waals surface area contributed by atoms with Crippen molar-refractivity contribution in [3.05, 3.63) is 0 Å². The number of rotatable bonds is 8. The third kappa shape index (κ3) is 5.23. The molecular weight excluding hydrogens is 252 g/mol. The van der Waals surface area contributed by atoms with E-state index >= 15 is 0 Å². The molecule has 1 rings (SSSR count). The average molecular weight is 272 g/mol. The quantitative estimate of drug-likeness (QED) is 0.687. The number of anilines is 1. The van der Waals surface area contributed by atoms with Gasteiger partial charge in [0.15, 0.2) is 0 Å². The van der Waals surface area contributed by atoms with Gasteiger partial charge in [-0.2, -0.15) is 9.97 Å². The summed E-state index contributed by atoms with van der Waals surface area (Å²) in [5.41, 5.74) is -0.927. The van der Waals surface area contributed by atoms with Gasteiger partial charge >= 0.3 is 12.0 Å². The van der Waals surface area contributed by atoms with E-state index in [9.17, 15) is 5.11 Å². The summed E-state index contributed by atoms with van der Waals surface area (Å²) in [6.45, 7) is 2.44. The maximum Gasteiger partial charge on any atom is 0.324 e. The Hall–Kier alpha value is -1.67. The second-order valence-corrected chi connectivity index (χ2v) is 4.23. The van der Waals surface area contributed by atoms with Gasteiger partial charge in [-0.15, -0.1) is 4.98 Å².